The van der Waals surface area contributed by atoms with Crippen LogP contribution in [-0.4, -0.2) is 36.4 Å². The Hall–Kier alpha value is -1.20. The summed E-state index contributed by atoms with van der Waals surface area (Å²) in [6, 6.07) is 0. The van der Waals surface area contributed by atoms with E-state index in [-0.39, 0.29) is 34.9 Å². The van der Waals surface area contributed by atoms with Gasteiger partial charge in [0.05, 0.1) is 12.7 Å². The number of ketones is 1. The van der Waals surface area contributed by atoms with E-state index in [2.05, 4.69) is 27.7 Å². The Labute approximate surface area is 204 Å². The molecule has 2 unspecified atom stereocenters. The lowest BCUT2D eigenvalue weighted by Crippen LogP contribution is -2.55. The number of rotatable bonds is 1. The van der Waals surface area contributed by atoms with Gasteiger partial charge in [-0.2, -0.15) is 0 Å². The molecule has 6 rings (SSSR count). The van der Waals surface area contributed by atoms with Gasteiger partial charge in [0.2, 0.25) is 0 Å². The standard InChI is InChI=1S/C29H42O5/c1-16-6-11-29(32-15-16)17(2)26-24(34-29)14-22-25-21(8-10-28(22,26)5)27(4)9-7-20(33-18(3)30)12-19(27)13-23(25)31/h13,16-17,20-22,24-26H,6-12,14-15H2,1-5H3/t16?,17-,20?,21-,22-,24-,25+,26-,27-,28-,29+/m0/s1. The van der Waals surface area contributed by atoms with Gasteiger partial charge in [-0.25, -0.2) is 0 Å². The quantitative estimate of drug-likeness (QED) is 0.476. The van der Waals surface area contributed by atoms with Gasteiger partial charge in [0.15, 0.2) is 11.6 Å². The summed E-state index contributed by atoms with van der Waals surface area (Å²) in [7, 11) is 0. The molecule has 0 amide bonds. The summed E-state index contributed by atoms with van der Waals surface area (Å²) in [5.74, 6) is 2.03. The Morgan fingerprint density at radius 3 is 2.59 bits per heavy atom. The van der Waals surface area contributed by atoms with Crippen molar-refractivity contribution in [3.05, 3.63) is 11.6 Å². The first kappa shape index (κ1) is 23.2. The summed E-state index contributed by atoms with van der Waals surface area (Å²) in [6.45, 7) is 11.8. The van der Waals surface area contributed by atoms with E-state index in [0.717, 1.165) is 45.1 Å². The lowest BCUT2D eigenvalue weighted by Gasteiger charge is -2.57. The van der Waals surface area contributed by atoms with Gasteiger partial charge in [-0.15, -0.1) is 0 Å². The molecule has 3 saturated carbocycles. The highest BCUT2D eigenvalue weighted by molar-refractivity contribution is 5.94. The summed E-state index contributed by atoms with van der Waals surface area (Å²) in [5, 5.41) is 0. The maximum Gasteiger partial charge on any atom is 0.302 e. The second-order valence-electron chi connectivity index (χ2n) is 13.2. The Bertz CT molecular complexity index is 915. The van der Waals surface area contributed by atoms with E-state index < -0.39 is 5.79 Å². The fourth-order valence-electron chi connectivity index (χ4n) is 9.73. The van der Waals surface area contributed by atoms with E-state index >= 15 is 0 Å². The van der Waals surface area contributed by atoms with Gasteiger partial charge in [0.1, 0.15) is 6.10 Å². The van der Waals surface area contributed by atoms with Gasteiger partial charge < -0.3 is 14.2 Å². The van der Waals surface area contributed by atoms with Gasteiger partial charge in [-0.3, -0.25) is 9.59 Å². The van der Waals surface area contributed by atoms with Gasteiger partial charge in [-0.05, 0) is 79.1 Å². The summed E-state index contributed by atoms with van der Waals surface area (Å²) >= 11 is 0. The number of carbonyl (C=O) groups is 2. The average Bonchev–Trinajstić information content (AvgIpc) is 3.21. The number of hydrogen-bond acceptors (Lipinski definition) is 5. The number of allylic oxidation sites excluding steroid dienone is 1. The average molecular weight is 471 g/mol. The summed E-state index contributed by atoms with van der Waals surface area (Å²) in [6.07, 6.45) is 10.2. The molecule has 11 atom stereocenters. The first-order valence-corrected chi connectivity index (χ1v) is 13.8. The van der Waals surface area contributed by atoms with Gasteiger partial charge in [-0.1, -0.05) is 33.3 Å². The first-order valence-electron chi connectivity index (χ1n) is 13.8. The van der Waals surface area contributed by atoms with Crippen molar-refractivity contribution in [3.8, 4) is 0 Å². The third kappa shape index (κ3) is 3.11. The predicted octanol–water partition coefficient (Wildman–Crippen LogP) is 5.46. The normalized spacial score (nSPS) is 54.0. The highest BCUT2D eigenvalue weighted by Gasteiger charge is 2.69. The van der Waals surface area contributed by atoms with Crippen LogP contribution in [0.3, 0.4) is 0 Å². The van der Waals surface area contributed by atoms with Crippen molar-refractivity contribution in [2.75, 3.05) is 6.61 Å². The molecule has 5 heteroatoms. The molecule has 0 aromatic carbocycles. The first-order chi connectivity index (χ1) is 16.1. The zero-order chi connectivity index (χ0) is 24.0. The van der Waals surface area contributed by atoms with Crippen LogP contribution in [0, 0.1) is 46.3 Å². The zero-order valence-corrected chi connectivity index (χ0v) is 21.6. The second-order valence-corrected chi connectivity index (χ2v) is 13.2. The molecule has 1 spiro atoms. The van der Waals surface area contributed by atoms with E-state index in [4.69, 9.17) is 14.2 Å². The maximum absolute atomic E-state index is 13.7. The Morgan fingerprint density at radius 2 is 1.88 bits per heavy atom. The highest BCUT2D eigenvalue weighted by Crippen LogP contribution is 2.70. The van der Waals surface area contributed by atoms with Crippen LogP contribution in [0.2, 0.25) is 0 Å². The van der Waals surface area contributed by atoms with Crippen LogP contribution in [0.15, 0.2) is 11.6 Å². The van der Waals surface area contributed by atoms with Gasteiger partial charge >= 0.3 is 5.97 Å². The van der Waals surface area contributed by atoms with E-state index in [1.54, 1.807) is 0 Å². The SMILES string of the molecule is CC(=O)OC1CC[C@@]2(C)C(=CC(=O)[C@H]3[C@@H]4C[C@@H]5O[C@]6(CCC(C)CO6)[C@@H](C)[C@@H]5[C@@]4(C)CC[C@@H]32)C1. The molecular weight excluding hydrogens is 428 g/mol. The molecule has 2 aliphatic heterocycles. The highest BCUT2D eigenvalue weighted by atomic mass is 16.7. The molecule has 2 saturated heterocycles. The summed E-state index contributed by atoms with van der Waals surface area (Å²) in [4.78, 5) is 25.2. The number of hydrogen-bond donors (Lipinski definition) is 0. The van der Waals surface area contributed by atoms with Crippen LogP contribution >= 0.6 is 0 Å². The van der Waals surface area contributed by atoms with Crippen molar-refractivity contribution < 1.29 is 23.8 Å². The molecule has 188 valence electrons. The van der Waals surface area contributed by atoms with E-state index in [1.165, 1.54) is 25.3 Å². The second kappa shape index (κ2) is 7.65. The molecule has 0 radical (unpaired) electrons. The largest absolute Gasteiger partial charge is 0.462 e. The molecule has 6 aliphatic rings. The number of fused-ring (bicyclic) bond motifs is 7. The fourth-order valence-corrected chi connectivity index (χ4v) is 9.73. The molecule has 0 N–H and O–H groups in total. The molecular formula is C29H42O5. The van der Waals surface area contributed by atoms with Crippen LogP contribution in [0.25, 0.3) is 0 Å². The fraction of sp³-hybridized carbons (Fsp3) is 0.862. The van der Waals surface area contributed by atoms with E-state index in [9.17, 15) is 9.59 Å². The van der Waals surface area contributed by atoms with Crippen LogP contribution in [0.4, 0.5) is 0 Å². The van der Waals surface area contributed by atoms with Gasteiger partial charge in [0.25, 0.3) is 0 Å². The monoisotopic (exact) mass is 470 g/mol. The third-order valence-corrected chi connectivity index (χ3v) is 11.5. The Kier molecular flexibility index (Phi) is 5.22. The van der Waals surface area contributed by atoms with E-state index in [1.807, 2.05) is 6.08 Å². The minimum absolute atomic E-state index is 0.0462. The third-order valence-electron chi connectivity index (χ3n) is 11.5. The topological polar surface area (TPSA) is 61.8 Å². The minimum atomic E-state index is -0.405. The van der Waals surface area contributed by atoms with Crippen molar-refractivity contribution >= 4 is 11.8 Å². The van der Waals surface area contributed by atoms with Gasteiger partial charge in [0, 0.05) is 31.6 Å². The molecule has 5 nitrogen and oxygen atoms in total. The number of ether oxygens (including phenoxy) is 3. The van der Waals surface area contributed by atoms with Crippen LogP contribution in [0.1, 0.15) is 86.0 Å². The molecule has 0 aromatic heterocycles. The van der Waals surface area contributed by atoms with Crippen molar-refractivity contribution in [1.29, 1.82) is 0 Å². The maximum atomic E-state index is 13.7. The zero-order valence-electron chi connectivity index (χ0n) is 21.6. The van der Waals surface area contributed by atoms with Crippen LogP contribution in [-0.2, 0) is 23.8 Å². The molecule has 0 bridgehead atoms. The number of carbonyl (C=O) groups excluding carboxylic acids is 2. The van der Waals surface area contributed by atoms with Crippen molar-refractivity contribution in [2.24, 2.45) is 46.3 Å². The minimum Gasteiger partial charge on any atom is -0.462 e. The molecule has 2 heterocycles. The predicted molar refractivity (Wildman–Crippen MR) is 128 cm³/mol. The summed E-state index contributed by atoms with van der Waals surface area (Å²) in [5.41, 5.74) is 1.41. The summed E-state index contributed by atoms with van der Waals surface area (Å²) < 4.78 is 18.8. The Balaban J connectivity index is 1.27. The van der Waals surface area contributed by atoms with Crippen LogP contribution in [0.5, 0.6) is 0 Å². The molecule has 4 aliphatic carbocycles. The number of esters is 1. The lowest BCUT2D eigenvalue weighted by molar-refractivity contribution is -0.272. The van der Waals surface area contributed by atoms with Crippen molar-refractivity contribution in [3.63, 3.8) is 0 Å². The molecule has 5 fully saturated rings. The molecule has 34 heavy (non-hydrogen) atoms. The van der Waals surface area contributed by atoms with E-state index in [0.29, 0.717) is 35.4 Å². The Morgan fingerprint density at radius 1 is 1.09 bits per heavy atom. The van der Waals surface area contributed by atoms with Crippen molar-refractivity contribution in [1.82, 2.24) is 0 Å². The smallest absolute Gasteiger partial charge is 0.302 e. The van der Waals surface area contributed by atoms with Crippen molar-refractivity contribution in [2.45, 2.75) is 104 Å². The molecule has 0 aromatic rings. The van der Waals surface area contributed by atoms with Crippen LogP contribution < -0.4 is 0 Å². The lowest BCUT2D eigenvalue weighted by atomic mass is 9.46.